The molecule has 0 N–H and O–H groups in total. The van der Waals surface area contributed by atoms with Gasteiger partial charge < -0.3 is 0 Å². The van der Waals surface area contributed by atoms with Crippen molar-refractivity contribution < 1.29 is 0 Å². The van der Waals surface area contributed by atoms with Crippen molar-refractivity contribution in [3.05, 3.63) is 12.7 Å². The van der Waals surface area contributed by atoms with E-state index in [1.807, 2.05) is 6.08 Å². The summed E-state index contributed by atoms with van der Waals surface area (Å²) in [5, 5.41) is 0.285. The van der Waals surface area contributed by atoms with E-state index in [-0.39, 0.29) is 5.38 Å². The molecule has 0 aromatic heterocycles. The Morgan fingerprint density at radius 3 is 2.56 bits per heavy atom. The standard InChI is InChI=1S/C8H15Cl/c1-4-6-8(9)7(3)5-2/h4,7-8H,1,5-6H2,2-3H3. The highest BCUT2D eigenvalue weighted by Gasteiger charge is 2.09. The zero-order valence-electron chi connectivity index (χ0n) is 6.23. The Morgan fingerprint density at radius 1 is 1.67 bits per heavy atom. The third-order valence-corrected chi connectivity index (χ3v) is 2.26. The Morgan fingerprint density at radius 2 is 2.22 bits per heavy atom. The molecule has 0 fully saturated rings. The Kier molecular flexibility index (Phi) is 4.88. The highest BCUT2D eigenvalue weighted by molar-refractivity contribution is 6.20. The molecule has 0 aromatic carbocycles. The number of hydrogen-bond donors (Lipinski definition) is 0. The summed E-state index contributed by atoms with van der Waals surface area (Å²) >= 11 is 5.96. The Bertz CT molecular complexity index is 78.6. The van der Waals surface area contributed by atoms with E-state index in [2.05, 4.69) is 20.4 Å². The van der Waals surface area contributed by atoms with Gasteiger partial charge in [-0.3, -0.25) is 0 Å². The molecule has 2 atom stereocenters. The summed E-state index contributed by atoms with van der Waals surface area (Å²) in [6.45, 7) is 7.96. The summed E-state index contributed by atoms with van der Waals surface area (Å²) in [5.74, 6) is 0.615. The average molecular weight is 147 g/mol. The van der Waals surface area contributed by atoms with Crippen LogP contribution in [0.1, 0.15) is 26.7 Å². The number of allylic oxidation sites excluding steroid dienone is 1. The lowest BCUT2D eigenvalue weighted by atomic mass is 10.0. The molecule has 0 bridgehead atoms. The fourth-order valence-corrected chi connectivity index (χ4v) is 0.951. The molecule has 2 unspecified atom stereocenters. The molecule has 0 saturated carbocycles. The zero-order valence-corrected chi connectivity index (χ0v) is 6.99. The maximum Gasteiger partial charge on any atom is 0.0395 e. The van der Waals surface area contributed by atoms with Crippen molar-refractivity contribution in [2.75, 3.05) is 0 Å². The van der Waals surface area contributed by atoms with Crippen molar-refractivity contribution in [1.82, 2.24) is 0 Å². The highest BCUT2D eigenvalue weighted by Crippen LogP contribution is 2.16. The molecule has 0 saturated heterocycles. The minimum Gasteiger partial charge on any atom is -0.122 e. The first kappa shape index (κ1) is 9.03. The van der Waals surface area contributed by atoms with E-state index in [1.54, 1.807) is 0 Å². The van der Waals surface area contributed by atoms with E-state index in [4.69, 9.17) is 11.6 Å². The quantitative estimate of drug-likeness (QED) is 0.422. The summed E-state index contributed by atoms with van der Waals surface area (Å²) in [6.07, 6.45) is 3.96. The second-order valence-electron chi connectivity index (χ2n) is 2.43. The second-order valence-corrected chi connectivity index (χ2v) is 2.99. The molecule has 0 aliphatic heterocycles. The summed E-state index contributed by atoms with van der Waals surface area (Å²) in [6, 6.07) is 0. The predicted molar refractivity (Wildman–Crippen MR) is 43.9 cm³/mol. The SMILES string of the molecule is C=CCC(Cl)C(C)CC. The Hall–Kier alpha value is 0.0300. The summed E-state index contributed by atoms with van der Waals surface area (Å²) in [7, 11) is 0. The molecule has 0 aromatic rings. The van der Waals surface area contributed by atoms with E-state index >= 15 is 0 Å². The number of rotatable bonds is 4. The van der Waals surface area contributed by atoms with Crippen LogP contribution in [-0.4, -0.2) is 5.38 Å². The van der Waals surface area contributed by atoms with Gasteiger partial charge in [0.25, 0.3) is 0 Å². The van der Waals surface area contributed by atoms with Crippen LogP contribution < -0.4 is 0 Å². The molecule has 0 nitrogen and oxygen atoms in total. The monoisotopic (exact) mass is 146 g/mol. The van der Waals surface area contributed by atoms with Crippen molar-refractivity contribution in [2.45, 2.75) is 32.1 Å². The van der Waals surface area contributed by atoms with Crippen LogP contribution in [0.15, 0.2) is 12.7 Å². The van der Waals surface area contributed by atoms with E-state index in [1.165, 1.54) is 0 Å². The van der Waals surface area contributed by atoms with Gasteiger partial charge in [-0.25, -0.2) is 0 Å². The van der Waals surface area contributed by atoms with Gasteiger partial charge in [-0.2, -0.15) is 0 Å². The maximum absolute atomic E-state index is 5.96. The largest absolute Gasteiger partial charge is 0.122 e. The third kappa shape index (κ3) is 3.58. The lowest BCUT2D eigenvalue weighted by Crippen LogP contribution is -2.08. The molecule has 0 heterocycles. The topological polar surface area (TPSA) is 0 Å². The van der Waals surface area contributed by atoms with Crippen LogP contribution in [0.2, 0.25) is 0 Å². The number of alkyl halides is 1. The minimum atomic E-state index is 0.285. The third-order valence-electron chi connectivity index (χ3n) is 1.65. The van der Waals surface area contributed by atoms with Gasteiger partial charge in [0.1, 0.15) is 0 Å². The fourth-order valence-electron chi connectivity index (χ4n) is 0.647. The molecule has 0 spiro atoms. The van der Waals surface area contributed by atoms with Gasteiger partial charge >= 0.3 is 0 Å². The van der Waals surface area contributed by atoms with Crippen LogP contribution in [0.4, 0.5) is 0 Å². The summed E-state index contributed by atoms with van der Waals surface area (Å²) in [5.41, 5.74) is 0. The fraction of sp³-hybridized carbons (Fsp3) is 0.750. The Labute approximate surface area is 62.9 Å². The van der Waals surface area contributed by atoms with Crippen LogP contribution in [-0.2, 0) is 0 Å². The highest BCUT2D eigenvalue weighted by atomic mass is 35.5. The van der Waals surface area contributed by atoms with E-state index in [0.717, 1.165) is 12.8 Å². The van der Waals surface area contributed by atoms with Gasteiger partial charge in [-0.1, -0.05) is 26.3 Å². The van der Waals surface area contributed by atoms with Crippen molar-refractivity contribution >= 4 is 11.6 Å². The maximum atomic E-state index is 5.96. The van der Waals surface area contributed by atoms with Crippen LogP contribution >= 0.6 is 11.6 Å². The Balaban J connectivity index is 3.44. The predicted octanol–water partition coefficient (Wildman–Crippen LogP) is 3.22. The molecule has 0 aliphatic rings. The molecule has 0 amide bonds. The van der Waals surface area contributed by atoms with Crippen molar-refractivity contribution in [3.8, 4) is 0 Å². The van der Waals surface area contributed by atoms with Gasteiger partial charge in [0.05, 0.1) is 0 Å². The van der Waals surface area contributed by atoms with Crippen molar-refractivity contribution in [1.29, 1.82) is 0 Å². The van der Waals surface area contributed by atoms with Gasteiger partial charge in [-0.15, -0.1) is 18.2 Å². The van der Waals surface area contributed by atoms with Gasteiger partial charge in [-0.05, 0) is 12.3 Å². The van der Waals surface area contributed by atoms with Crippen molar-refractivity contribution in [3.63, 3.8) is 0 Å². The molecule has 0 aliphatic carbocycles. The normalized spacial score (nSPS) is 16.8. The van der Waals surface area contributed by atoms with Gasteiger partial charge in [0.2, 0.25) is 0 Å². The smallest absolute Gasteiger partial charge is 0.0395 e. The van der Waals surface area contributed by atoms with Gasteiger partial charge in [0, 0.05) is 5.38 Å². The van der Waals surface area contributed by atoms with Crippen LogP contribution in [0.25, 0.3) is 0 Å². The summed E-state index contributed by atoms with van der Waals surface area (Å²) < 4.78 is 0. The lowest BCUT2D eigenvalue weighted by molar-refractivity contribution is 0.530. The molecular weight excluding hydrogens is 132 g/mol. The number of hydrogen-bond acceptors (Lipinski definition) is 0. The summed E-state index contributed by atoms with van der Waals surface area (Å²) in [4.78, 5) is 0. The molecule has 9 heavy (non-hydrogen) atoms. The van der Waals surface area contributed by atoms with E-state index < -0.39 is 0 Å². The number of halogens is 1. The molecule has 0 rings (SSSR count). The second kappa shape index (κ2) is 4.87. The minimum absolute atomic E-state index is 0.285. The zero-order chi connectivity index (χ0) is 7.28. The molecule has 54 valence electrons. The average Bonchev–Trinajstić information content (AvgIpc) is 1.87. The van der Waals surface area contributed by atoms with Crippen LogP contribution in [0.3, 0.4) is 0 Å². The first-order valence-corrected chi connectivity index (χ1v) is 3.91. The molecular formula is C8H15Cl. The first-order chi connectivity index (χ1) is 4.22. The van der Waals surface area contributed by atoms with Crippen LogP contribution in [0, 0.1) is 5.92 Å². The van der Waals surface area contributed by atoms with E-state index in [9.17, 15) is 0 Å². The lowest BCUT2D eigenvalue weighted by Gasteiger charge is -2.12. The molecule has 0 radical (unpaired) electrons. The molecule has 1 heteroatoms. The van der Waals surface area contributed by atoms with Crippen LogP contribution in [0.5, 0.6) is 0 Å². The van der Waals surface area contributed by atoms with Crippen molar-refractivity contribution in [2.24, 2.45) is 5.92 Å². The van der Waals surface area contributed by atoms with Gasteiger partial charge in [0.15, 0.2) is 0 Å². The van der Waals surface area contributed by atoms with E-state index in [0.29, 0.717) is 5.92 Å². The first-order valence-electron chi connectivity index (χ1n) is 3.47.